The maximum Gasteiger partial charge on any atom is 0.335 e. The van der Waals surface area contributed by atoms with Gasteiger partial charge in [0, 0.05) is 6.54 Å². The van der Waals surface area contributed by atoms with Crippen molar-refractivity contribution in [1.29, 1.82) is 0 Å². The zero-order chi connectivity index (χ0) is 14.0. The molecule has 1 aliphatic heterocycles. The minimum Gasteiger partial charge on any atom is -0.478 e. The van der Waals surface area contributed by atoms with Gasteiger partial charge in [-0.15, -0.1) is 0 Å². The molecule has 1 atom stereocenters. The molecule has 5 nitrogen and oxygen atoms in total. The molecule has 1 fully saturated rings. The SMILES string of the molecule is O=C(O)c1cc(F)c(N2CCOCC2CO)c(F)c1. The van der Waals surface area contributed by atoms with Crippen molar-refractivity contribution in [3.63, 3.8) is 0 Å². The number of rotatable bonds is 3. The number of aliphatic hydroxyl groups is 1. The summed E-state index contributed by atoms with van der Waals surface area (Å²) in [6, 6.07) is 0.989. The first-order valence-electron chi connectivity index (χ1n) is 5.72. The standard InChI is InChI=1S/C12H13F2NO4/c13-9-3-7(12(17)18)4-10(14)11(9)15-1-2-19-6-8(15)5-16/h3-4,8,16H,1-2,5-6H2,(H,17,18). The molecule has 1 heterocycles. The number of hydrogen-bond acceptors (Lipinski definition) is 4. The second kappa shape index (κ2) is 5.50. The molecule has 0 spiro atoms. The molecular weight excluding hydrogens is 260 g/mol. The van der Waals surface area contributed by atoms with Gasteiger partial charge in [0.1, 0.15) is 17.3 Å². The van der Waals surface area contributed by atoms with Crippen molar-refractivity contribution < 1.29 is 28.5 Å². The summed E-state index contributed by atoms with van der Waals surface area (Å²) in [5, 5.41) is 17.9. The Morgan fingerprint density at radius 2 is 2.05 bits per heavy atom. The van der Waals surface area contributed by atoms with Crippen molar-refractivity contribution in [3.05, 3.63) is 29.3 Å². The summed E-state index contributed by atoms with van der Waals surface area (Å²) in [6.07, 6.45) is 0. The van der Waals surface area contributed by atoms with E-state index in [1.807, 2.05) is 0 Å². The van der Waals surface area contributed by atoms with Crippen LogP contribution in [0.5, 0.6) is 0 Å². The molecule has 0 aromatic heterocycles. The van der Waals surface area contributed by atoms with Gasteiger partial charge >= 0.3 is 5.97 Å². The van der Waals surface area contributed by atoms with Gasteiger partial charge in [0.25, 0.3) is 0 Å². The third-order valence-corrected chi connectivity index (χ3v) is 2.99. The molecule has 1 aromatic carbocycles. The van der Waals surface area contributed by atoms with E-state index in [4.69, 9.17) is 9.84 Å². The maximum atomic E-state index is 13.9. The van der Waals surface area contributed by atoms with Crippen LogP contribution in [0.4, 0.5) is 14.5 Å². The first-order valence-corrected chi connectivity index (χ1v) is 5.72. The van der Waals surface area contributed by atoms with E-state index in [0.717, 1.165) is 12.1 Å². The molecule has 1 unspecified atom stereocenters. The van der Waals surface area contributed by atoms with Gasteiger partial charge < -0.3 is 19.8 Å². The van der Waals surface area contributed by atoms with Crippen LogP contribution in [0, 0.1) is 11.6 Å². The Labute approximate surface area is 108 Å². The molecule has 19 heavy (non-hydrogen) atoms. The van der Waals surface area contributed by atoms with Crippen molar-refractivity contribution in [2.75, 3.05) is 31.3 Å². The van der Waals surface area contributed by atoms with E-state index in [0.29, 0.717) is 0 Å². The van der Waals surface area contributed by atoms with Gasteiger partial charge in [-0.1, -0.05) is 0 Å². The normalized spacial score (nSPS) is 19.5. The Kier molecular flexibility index (Phi) is 3.96. The predicted molar refractivity (Wildman–Crippen MR) is 62.4 cm³/mol. The summed E-state index contributed by atoms with van der Waals surface area (Å²) in [6.45, 7) is 0.372. The molecular formula is C12H13F2NO4. The topological polar surface area (TPSA) is 70.0 Å². The van der Waals surface area contributed by atoms with Gasteiger partial charge in [-0.25, -0.2) is 13.6 Å². The van der Waals surface area contributed by atoms with E-state index >= 15 is 0 Å². The van der Waals surface area contributed by atoms with Gasteiger partial charge in [-0.05, 0) is 12.1 Å². The highest BCUT2D eigenvalue weighted by molar-refractivity contribution is 5.88. The van der Waals surface area contributed by atoms with Crippen LogP contribution in [0.1, 0.15) is 10.4 Å². The van der Waals surface area contributed by atoms with Crippen molar-refractivity contribution >= 4 is 11.7 Å². The number of carbonyl (C=O) groups is 1. The number of carboxylic acids is 1. The van der Waals surface area contributed by atoms with Gasteiger partial charge in [0.15, 0.2) is 0 Å². The fourth-order valence-electron chi connectivity index (χ4n) is 2.06. The Morgan fingerprint density at radius 1 is 1.42 bits per heavy atom. The molecule has 0 radical (unpaired) electrons. The highest BCUT2D eigenvalue weighted by Gasteiger charge is 2.28. The van der Waals surface area contributed by atoms with Crippen molar-refractivity contribution in [3.8, 4) is 0 Å². The number of nitrogens with zero attached hydrogens (tertiary/aromatic N) is 1. The van der Waals surface area contributed by atoms with Gasteiger partial charge in [0.2, 0.25) is 0 Å². The smallest absolute Gasteiger partial charge is 0.335 e. The van der Waals surface area contributed by atoms with Crippen LogP contribution >= 0.6 is 0 Å². The number of morpholine rings is 1. The van der Waals surface area contributed by atoms with Gasteiger partial charge in [-0.2, -0.15) is 0 Å². The summed E-state index contributed by atoms with van der Waals surface area (Å²) in [7, 11) is 0. The van der Waals surface area contributed by atoms with Gasteiger partial charge in [-0.3, -0.25) is 0 Å². The number of aromatic carboxylic acids is 1. The third kappa shape index (κ3) is 2.66. The third-order valence-electron chi connectivity index (χ3n) is 2.99. The Morgan fingerprint density at radius 3 is 2.58 bits per heavy atom. The zero-order valence-corrected chi connectivity index (χ0v) is 9.97. The van der Waals surface area contributed by atoms with E-state index in [9.17, 15) is 18.7 Å². The molecule has 0 amide bonds. The highest BCUT2D eigenvalue weighted by Crippen LogP contribution is 2.28. The van der Waals surface area contributed by atoms with Crippen LogP contribution in [0.25, 0.3) is 0 Å². The molecule has 7 heteroatoms. The second-order valence-electron chi connectivity index (χ2n) is 4.20. The first-order chi connectivity index (χ1) is 9.04. The van der Waals surface area contributed by atoms with Gasteiger partial charge in [0.05, 0.1) is 31.4 Å². The van der Waals surface area contributed by atoms with E-state index in [1.165, 1.54) is 4.90 Å². The number of ether oxygens (including phenoxy) is 1. The number of carboxylic acid groups (broad SMARTS) is 1. The average molecular weight is 273 g/mol. The lowest BCUT2D eigenvalue weighted by atomic mass is 10.1. The van der Waals surface area contributed by atoms with Crippen LogP contribution in [-0.4, -0.2) is 48.6 Å². The molecule has 2 rings (SSSR count). The fourth-order valence-corrected chi connectivity index (χ4v) is 2.06. The van der Waals surface area contributed by atoms with Crippen LogP contribution in [0.2, 0.25) is 0 Å². The average Bonchev–Trinajstić information content (AvgIpc) is 2.38. The summed E-state index contributed by atoms with van der Waals surface area (Å²) in [4.78, 5) is 12.1. The summed E-state index contributed by atoms with van der Waals surface area (Å²) >= 11 is 0. The second-order valence-corrected chi connectivity index (χ2v) is 4.20. The summed E-state index contributed by atoms with van der Waals surface area (Å²) < 4.78 is 32.9. The summed E-state index contributed by atoms with van der Waals surface area (Å²) in [5.74, 6) is -3.32. The summed E-state index contributed by atoms with van der Waals surface area (Å²) in [5.41, 5.74) is -0.778. The van der Waals surface area contributed by atoms with Crippen LogP contribution in [0.15, 0.2) is 12.1 Å². The number of hydrogen-bond donors (Lipinski definition) is 2. The van der Waals surface area contributed by atoms with E-state index in [1.54, 1.807) is 0 Å². The number of halogens is 2. The van der Waals surface area contributed by atoms with Crippen LogP contribution in [-0.2, 0) is 4.74 Å². The van der Waals surface area contributed by atoms with Crippen LogP contribution < -0.4 is 4.90 Å². The van der Waals surface area contributed by atoms with Crippen molar-refractivity contribution in [2.45, 2.75) is 6.04 Å². The maximum absolute atomic E-state index is 13.9. The highest BCUT2D eigenvalue weighted by atomic mass is 19.1. The lowest BCUT2D eigenvalue weighted by Gasteiger charge is -2.36. The number of benzene rings is 1. The lowest BCUT2D eigenvalue weighted by molar-refractivity contribution is 0.0691. The molecule has 0 saturated carbocycles. The van der Waals surface area contributed by atoms with Crippen molar-refractivity contribution in [2.24, 2.45) is 0 Å². The Bertz CT molecular complexity index is 472. The fraction of sp³-hybridized carbons (Fsp3) is 0.417. The number of anilines is 1. The monoisotopic (exact) mass is 273 g/mol. The van der Waals surface area contributed by atoms with E-state index in [-0.39, 0.29) is 32.1 Å². The number of aliphatic hydroxyl groups excluding tert-OH is 1. The Hall–Kier alpha value is -1.73. The molecule has 1 saturated heterocycles. The zero-order valence-electron chi connectivity index (χ0n) is 9.97. The minimum atomic E-state index is -1.40. The van der Waals surface area contributed by atoms with E-state index in [2.05, 4.69) is 0 Å². The largest absolute Gasteiger partial charge is 0.478 e. The molecule has 0 bridgehead atoms. The quantitative estimate of drug-likeness (QED) is 0.854. The predicted octanol–water partition coefficient (Wildman–Crippen LogP) is 0.861. The lowest BCUT2D eigenvalue weighted by Crippen LogP contribution is -2.48. The Balaban J connectivity index is 2.41. The van der Waals surface area contributed by atoms with Crippen LogP contribution in [0.3, 0.4) is 0 Å². The first kappa shape index (κ1) is 13.7. The molecule has 1 aromatic rings. The van der Waals surface area contributed by atoms with Crippen molar-refractivity contribution in [1.82, 2.24) is 0 Å². The molecule has 0 aliphatic carbocycles. The molecule has 104 valence electrons. The van der Waals surface area contributed by atoms with E-state index < -0.39 is 29.2 Å². The minimum absolute atomic E-state index is 0.163. The molecule has 2 N–H and O–H groups in total. The molecule has 1 aliphatic rings.